The van der Waals surface area contributed by atoms with Gasteiger partial charge in [0, 0.05) is 12.1 Å². The van der Waals surface area contributed by atoms with Gasteiger partial charge in [0.1, 0.15) is 19.0 Å². The SMILES string of the molecule is CCCCCCCCCC(=O)OCCOCCOCCOCCOCCOc1ccc(N)cc1. The van der Waals surface area contributed by atoms with Crippen LogP contribution in [0.4, 0.5) is 5.69 Å². The van der Waals surface area contributed by atoms with E-state index in [1.54, 1.807) is 12.1 Å². The van der Waals surface area contributed by atoms with Gasteiger partial charge in [-0.15, -0.1) is 0 Å². The van der Waals surface area contributed by atoms with Gasteiger partial charge < -0.3 is 34.2 Å². The van der Waals surface area contributed by atoms with Crippen molar-refractivity contribution in [3.05, 3.63) is 24.3 Å². The molecule has 0 aromatic heterocycles. The normalized spacial score (nSPS) is 11.0. The molecule has 8 heteroatoms. The summed E-state index contributed by atoms with van der Waals surface area (Å²) < 4.78 is 32.4. The number of ether oxygens (including phenoxy) is 6. The number of anilines is 1. The molecular weight excluding hydrogens is 438 g/mol. The number of carbonyl (C=O) groups excluding carboxylic acids is 1. The summed E-state index contributed by atoms with van der Waals surface area (Å²) in [5, 5.41) is 0. The monoisotopic (exact) mass is 483 g/mol. The molecule has 8 nitrogen and oxygen atoms in total. The van der Waals surface area contributed by atoms with Gasteiger partial charge in [-0.1, -0.05) is 45.4 Å². The average molecular weight is 484 g/mol. The number of unbranched alkanes of at least 4 members (excludes halogenated alkanes) is 6. The van der Waals surface area contributed by atoms with Crippen LogP contribution in [0, 0.1) is 0 Å². The van der Waals surface area contributed by atoms with E-state index in [1.807, 2.05) is 12.1 Å². The first-order valence-electron chi connectivity index (χ1n) is 12.7. The highest BCUT2D eigenvalue weighted by Gasteiger charge is 2.02. The standard InChI is InChI=1S/C26H45NO7/c1-2-3-4-5-6-7-8-9-26(28)34-23-21-32-19-17-30-15-14-29-16-18-31-20-22-33-25-12-10-24(27)11-13-25/h10-13H,2-9,14-23,27H2,1H3. The van der Waals surface area contributed by atoms with E-state index in [-0.39, 0.29) is 5.97 Å². The van der Waals surface area contributed by atoms with Crippen molar-refractivity contribution in [3.8, 4) is 5.75 Å². The minimum atomic E-state index is -0.135. The third-order valence-corrected chi connectivity index (χ3v) is 4.97. The van der Waals surface area contributed by atoms with Gasteiger partial charge in [-0.2, -0.15) is 0 Å². The highest BCUT2D eigenvalue weighted by atomic mass is 16.6. The van der Waals surface area contributed by atoms with Crippen LogP contribution in [0.5, 0.6) is 5.75 Å². The molecular formula is C26H45NO7. The first-order chi connectivity index (χ1) is 16.7. The van der Waals surface area contributed by atoms with Crippen molar-refractivity contribution in [2.75, 3.05) is 71.8 Å². The second-order valence-corrected chi connectivity index (χ2v) is 7.96. The van der Waals surface area contributed by atoms with Gasteiger partial charge in [-0.25, -0.2) is 0 Å². The molecule has 0 heterocycles. The zero-order valence-corrected chi connectivity index (χ0v) is 21.0. The lowest BCUT2D eigenvalue weighted by Gasteiger charge is -2.09. The predicted molar refractivity (Wildman–Crippen MR) is 133 cm³/mol. The summed E-state index contributed by atoms with van der Waals surface area (Å²) in [5.41, 5.74) is 6.34. The fourth-order valence-electron chi connectivity index (χ4n) is 3.06. The van der Waals surface area contributed by atoms with Crippen molar-refractivity contribution >= 4 is 11.7 Å². The molecule has 0 saturated carbocycles. The molecule has 0 radical (unpaired) electrons. The first-order valence-corrected chi connectivity index (χ1v) is 12.7. The Morgan fingerprint density at radius 2 is 1.12 bits per heavy atom. The number of rotatable bonds is 24. The van der Waals surface area contributed by atoms with Crippen LogP contribution in [-0.4, -0.2) is 72.0 Å². The summed E-state index contributed by atoms with van der Waals surface area (Å²) >= 11 is 0. The number of hydrogen-bond donors (Lipinski definition) is 1. The van der Waals surface area contributed by atoms with Gasteiger partial charge >= 0.3 is 5.97 Å². The van der Waals surface area contributed by atoms with Gasteiger partial charge in [0.2, 0.25) is 0 Å². The van der Waals surface area contributed by atoms with Crippen molar-refractivity contribution in [2.24, 2.45) is 0 Å². The Hall–Kier alpha value is -1.87. The zero-order valence-electron chi connectivity index (χ0n) is 21.0. The van der Waals surface area contributed by atoms with E-state index in [0.29, 0.717) is 78.2 Å². The number of esters is 1. The van der Waals surface area contributed by atoms with Crippen molar-refractivity contribution in [3.63, 3.8) is 0 Å². The largest absolute Gasteiger partial charge is 0.491 e. The van der Waals surface area contributed by atoms with Gasteiger partial charge in [-0.05, 0) is 30.7 Å². The molecule has 0 bridgehead atoms. The van der Waals surface area contributed by atoms with Gasteiger partial charge in [0.25, 0.3) is 0 Å². The molecule has 0 saturated heterocycles. The van der Waals surface area contributed by atoms with Crippen LogP contribution in [0.15, 0.2) is 24.3 Å². The number of nitrogens with two attached hydrogens (primary N) is 1. The van der Waals surface area contributed by atoms with Crippen molar-refractivity contribution in [2.45, 2.75) is 58.3 Å². The van der Waals surface area contributed by atoms with E-state index in [0.717, 1.165) is 18.6 Å². The maximum atomic E-state index is 11.6. The van der Waals surface area contributed by atoms with Crippen molar-refractivity contribution < 1.29 is 33.2 Å². The molecule has 0 amide bonds. The highest BCUT2D eigenvalue weighted by Crippen LogP contribution is 2.12. The Balaban J connectivity index is 1.72. The minimum Gasteiger partial charge on any atom is -0.491 e. The van der Waals surface area contributed by atoms with Crippen molar-refractivity contribution in [1.29, 1.82) is 0 Å². The molecule has 1 aromatic carbocycles. The second-order valence-electron chi connectivity index (χ2n) is 7.96. The highest BCUT2D eigenvalue weighted by molar-refractivity contribution is 5.69. The number of hydrogen-bond acceptors (Lipinski definition) is 8. The third kappa shape index (κ3) is 19.6. The lowest BCUT2D eigenvalue weighted by atomic mass is 10.1. The molecule has 0 aliphatic rings. The average Bonchev–Trinajstić information content (AvgIpc) is 2.84. The van der Waals surface area contributed by atoms with Crippen LogP contribution in [0.25, 0.3) is 0 Å². The predicted octanol–water partition coefficient (Wildman–Crippen LogP) is 4.40. The Kier molecular flexibility index (Phi) is 20.3. The number of carbonyl (C=O) groups is 1. The Labute approximate surface area is 205 Å². The summed E-state index contributed by atoms with van der Waals surface area (Å²) in [4.78, 5) is 11.6. The molecule has 0 unspecified atom stereocenters. The molecule has 1 aromatic rings. The van der Waals surface area contributed by atoms with Crippen LogP contribution < -0.4 is 10.5 Å². The van der Waals surface area contributed by atoms with E-state index in [9.17, 15) is 4.79 Å². The first kappa shape index (κ1) is 30.2. The van der Waals surface area contributed by atoms with E-state index in [4.69, 9.17) is 34.2 Å². The summed E-state index contributed by atoms with van der Waals surface area (Å²) in [6.07, 6.45) is 8.84. The number of nitrogen functional groups attached to an aromatic ring is 1. The lowest BCUT2D eigenvalue weighted by Crippen LogP contribution is -2.15. The molecule has 0 fully saturated rings. The van der Waals surface area contributed by atoms with Gasteiger partial charge in [0.15, 0.2) is 0 Å². The second kappa shape index (κ2) is 22.9. The van der Waals surface area contributed by atoms with E-state index in [2.05, 4.69) is 6.92 Å². The maximum absolute atomic E-state index is 11.6. The summed E-state index contributed by atoms with van der Waals surface area (Å²) in [7, 11) is 0. The fourth-order valence-corrected chi connectivity index (χ4v) is 3.06. The number of benzene rings is 1. The Morgan fingerprint density at radius 3 is 1.68 bits per heavy atom. The smallest absolute Gasteiger partial charge is 0.305 e. The molecule has 1 rings (SSSR count). The molecule has 0 spiro atoms. The molecule has 0 aliphatic heterocycles. The van der Waals surface area contributed by atoms with Crippen LogP contribution in [0.3, 0.4) is 0 Å². The van der Waals surface area contributed by atoms with Gasteiger partial charge in [-0.3, -0.25) is 4.79 Å². The molecule has 0 atom stereocenters. The zero-order chi connectivity index (χ0) is 24.5. The Morgan fingerprint density at radius 1 is 0.647 bits per heavy atom. The quantitative estimate of drug-likeness (QED) is 0.131. The van der Waals surface area contributed by atoms with Crippen LogP contribution >= 0.6 is 0 Å². The fraction of sp³-hybridized carbons (Fsp3) is 0.731. The van der Waals surface area contributed by atoms with E-state index >= 15 is 0 Å². The van der Waals surface area contributed by atoms with E-state index in [1.165, 1.54) is 32.1 Å². The summed E-state index contributed by atoms with van der Waals surface area (Å²) in [6.45, 7) is 6.83. The Bertz CT molecular complexity index is 583. The van der Waals surface area contributed by atoms with Crippen LogP contribution in [0.1, 0.15) is 58.3 Å². The maximum Gasteiger partial charge on any atom is 0.305 e. The lowest BCUT2D eigenvalue weighted by molar-refractivity contribution is -0.145. The molecule has 196 valence electrons. The molecule has 2 N–H and O–H groups in total. The topological polar surface area (TPSA) is 98.5 Å². The summed E-state index contributed by atoms with van der Waals surface area (Å²) in [5.74, 6) is 0.638. The third-order valence-electron chi connectivity index (χ3n) is 4.97. The van der Waals surface area contributed by atoms with Crippen molar-refractivity contribution in [1.82, 2.24) is 0 Å². The van der Waals surface area contributed by atoms with E-state index < -0.39 is 0 Å². The minimum absolute atomic E-state index is 0.135. The van der Waals surface area contributed by atoms with Crippen LogP contribution in [-0.2, 0) is 28.5 Å². The summed E-state index contributed by atoms with van der Waals surface area (Å²) in [6, 6.07) is 7.26. The van der Waals surface area contributed by atoms with Crippen LogP contribution in [0.2, 0.25) is 0 Å². The molecule has 0 aliphatic carbocycles. The van der Waals surface area contributed by atoms with Gasteiger partial charge in [0.05, 0.1) is 52.9 Å². The molecule has 34 heavy (non-hydrogen) atoms.